The molecule has 2 fully saturated rings. The zero-order chi connectivity index (χ0) is 19.4. The Balaban J connectivity index is 1.29. The standard InChI is InChI=1S/C21H28N6O/c1-22-20(27-12-4-9-21(15-27)13-19(28)25-14-21)24-11-10-23-18-8-7-16-5-2-3-6-17(16)26-18/h2-3,5-8H,4,9-15H2,1H3,(H,22,24)(H,23,26)(H,25,28). The molecule has 3 heterocycles. The van der Waals surface area contributed by atoms with Crippen molar-refractivity contribution >= 4 is 28.6 Å². The van der Waals surface area contributed by atoms with Gasteiger partial charge < -0.3 is 20.9 Å². The molecule has 1 aromatic carbocycles. The highest BCUT2D eigenvalue weighted by Crippen LogP contribution is 2.35. The molecular weight excluding hydrogens is 352 g/mol. The second kappa shape index (κ2) is 8.04. The van der Waals surface area contributed by atoms with Crippen LogP contribution in [0.15, 0.2) is 41.4 Å². The second-order valence-corrected chi connectivity index (χ2v) is 7.77. The van der Waals surface area contributed by atoms with Crippen molar-refractivity contribution in [1.29, 1.82) is 0 Å². The lowest BCUT2D eigenvalue weighted by Gasteiger charge is -2.40. The monoisotopic (exact) mass is 380 g/mol. The Kier molecular flexibility index (Phi) is 5.32. The number of amides is 1. The lowest BCUT2D eigenvalue weighted by Crippen LogP contribution is -2.51. The number of aromatic nitrogens is 1. The van der Waals surface area contributed by atoms with Gasteiger partial charge in [-0.15, -0.1) is 0 Å². The van der Waals surface area contributed by atoms with Gasteiger partial charge in [-0.25, -0.2) is 4.98 Å². The second-order valence-electron chi connectivity index (χ2n) is 7.77. The number of para-hydroxylation sites is 1. The molecule has 1 aromatic heterocycles. The summed E-state index contributed by atoms with van der Waals surface area (Å²) in [6.45, 7) is 4.15. The summed E-state index contributed by atoms with van der Waals surface area (Å²) in [4.78, 5) is 23.1. The quantitative estimate of drug-likeness (QED) is 0.428. The normalized spacial score (nSPS) is 22.5. The maximum atomic E-state index is 11.7. The third-order valence-corrected chi connectivity index (χ3v) is 5.68. The number of guanidine groups is 1. The zero-order valence-corrected chi connectivity index (χ0v) is 16.4. The summed E-state index contributed by atoms with van der Waals surface area (Å²) in [5.41, 5.74) is 1.06. The molecule has 148 valence electrons. The van der Waals surface area contributed by atoms with E-state index in [0.29, 0.717) is 6.42 Å². The van der Waals surface area contributed by atoms with Crippen molar-refractivity contribution in [3.63, 3.8) is 0 Å². The first kappa shape index (κ1) is 18.5. The molecule has 1 atom stereocenters. The Morgan fingerprint density at radius 2 is 2.18 bits per heavy atom. The van der Waals surface area contributed by atoms with Crippen LogP contribution in [0.5, 0.6) is 0 Å². The zero-order valence-electron chi connectivity index (χ0n) is 16.4. The summed E-state index contributed by atoms with van der Waals surface area (Å²) in [6.07, 6.45) is 2.83. The molecule has 1 spiro atoms. The molecule has 2 aliphatic heterocycles. The van der Waals surface area contributed by atoms with Crippen molar-refractivity contribution < 1.29 is 4.79 Å². The fraction of sp³-hybridized carbons (Fsp3) is 0.476. The summed E-state index contributed by atoms with van der Waals surface area (Å²) in [5.74, 6) is 1.96. The van der Waals surface area contributed by atoms with Crippen LogP contribution in [-0.2, 0) is 4.79 Å². The third-order valence-electron chi connectivity index (χ3n) is 5.68. The van der Waals surface area contributed by atoms with Crippen molar-refractivity contribution in [2.24, 2.45) is 10.4 Å². The fourth-order valence-electron chi connectivity index (χ4n) is 4.29. The Morgan fingerprint density at radius 3 is 3.00 bits per heavy atom. The Labute approximate surface area is 165 Å². The number of likely N-dealkylation sites (tertiary alicyclic amines) is 1. The average Bonchev–Trinajstić information content (AvgIpc) is 3.07. The average molecular weight is 380 g/mol. The molecule has 28 heavy (non-hydrogen) atoms. The third kappa shape index (κ3) is 4.03. The number of hydrogen-bond acceptors (Lipinski definition) is 4. The van der Waals surface area contributed by atoms with Crippen LogP contribution in [0.1, 0.15) is 19.3 Å². The highest BCUT2D eigenvalue weighted by atomic mass is 16.1. The number of rotatable bonds is 4. The van der Waals surface area contributed by atoms with Crippen molar-refractivity contribution in [3.8, 4) is 0 Å². The molecular formula is C21H28N6O. The van der Waals surface area contributed by atoms with Gasteiger partial charge in [0, 0.05) is 57.0 Å². The smallest absolute Gasteiger partial charge is 0.220 e. The van der Waals surface area contributed by atoms with E-state index < -0.39 is 0 Å². The van der Waals surface area contributed by atoms with Crippen LogP contribution < -0.4 is 16.0 Å². The number of carbonyl (C=O) groups excluding carboxylic acids is 1. The Hall–Kier alpha value is -2.83. The van der Waals surface area contributed by atoms with Gasteiger partial charge in [0.25, 0.3) is 0 Å². The number of carbonyl (C=O) groups is 1. The molecule has 3 N–H and O–H groups in total. The number of anilines is 1. The number of benzene rings is 1. The first-order valence-electron chi connectivity index (χ1n) is 9.99. The SMILES string of the molecule is CN=C(NCCNc1ccc2ccccc2n1)N1CCCC2(CNC(=O)C2)C1. The lowest BCUT2D eigenvalue weighted by molar-refractivity contribution is -0.119. The van der Waals surface area contributed by atoms with Gasteiger partial charge in [-0.3, -0.25) is 9.79 Å². The molecule has 2 saturated heterocycles. The van der Waals surface area contributed by atoms with Crippen LogP contribution in [-0.4, -0.2) is 61.5 Å². The minimum Gasteiger partial charge on any atom is -0.368 e. The highest BCUT2D eigenvalue weighted by molar-refractivity contribution is 5.82. The van der Waals surface area contributed by atoms with Crippen molar-refractivity contribution in [3.05, 3.63) is 36.4 Å². The van der Waals surface area contributed by atoms with E-state index in [4.69, 9.17) is 0 Å². The number of pyridine rings is 1. The van der Waals surface area contributed by atoms with E-state index in [0.717, 1.165) is 68.2 Å². The molecule has 1 amide bonds. The molecule has 0 aliphatic carbocycles. The predicted octanol–water partition coefficient (Wildman–Crippen LogP) is 1.82. The molecule has 2 aliphatic rings. The van der Waals surface area contributed by atoms with Crippen LogP contribution in [0.3, 0.4) is 0 Å². The number of hydrogen-bond donors (Lipinski definition) is 3. The van der Waals surface area contributed by atoms with E-state index in [1.54, 1.807) is 0 Å². The van der Waals surface area contributed by atoms with Crippen LogP contribution in [0.2, 0.25) is 0 Å². The summed E-state index contributed by atoms with van der Waals surface area (Å²) in [7, 11) is 1.82. The number of fused-ring (bicyclic) bond motifs is 1. The van der Waals surface area contributed by atoms with E-state index in [-0.39, 0.29) is 11.3 Å². The topological polar surface area (TPSA) is 81.7 Å². The summed E-state index contributed by atoms with van der Waals surface area (Å²) >= 11 is 0. The highest BCUT2D eigenvalue weighted by Gasteiger charge is 2.42. The van der Waals surface area contributed by atoms with E-state index in [1.807, 2.05) is 31.3 Å². The van der Waals surface area contributed by atoms with Crippen molar-refractivity contribution in [2.45, 2.75) is 19.3 Å². The first-order chi connectivity index (χ1) is 13.7. The van der Waals surface area contributed by atoms with Crippen molar-refractivity contribution in [1.82, 2.24) is 20.5 Å². The molecule has 0 radical (unpaired) electrons. The first-order valence-corrected chi connectivity index (χ1v) is 9.99. The van der Waals surface area contributed by atoms with E-state index in [9.17, 15) is 4.79 Å². The minimum absolute atomic E-state index is 0.0697. The number of aliphatic imine (C=N–C) groups is 1. The van der Waals surface area contributed by atoms with Gasteiger partial charge >= 0.3 is 0 Å². The largest absolute Gasteiger partial charge is 0.368 e. The van der Waals surface area contributed by atoms with Gasteiger partial charge in [0.15, 0.2) is 5.96 Å². The Morgan fingerprint density at radius 1 is 1.29 bits per heavy atom. The molecule has 4 rings (SSSR count). The molecule has 1 unspecified atom stereocenters. The van der Waals surface area contributed by atoms with Gasteiger partial charge in [-0.2, -0.15) is 0 Å². The van der Waals surface area contributed by atoms with Gasteiger partial charge in [0.1, 0.15) is 5.82 Å². The number of nitrogens with zero attached hydrogens (tertiary/aromatic N) is 3. The van der Waals surface area contributed by atoms with E-state index in [2.05, 4.69) is 43.0 Å². The van der Waals surface area contributed by atoms with Crippen LogP contribution in [0.4, 0.5) is 5.82 Å². The Bertz CT molecular complexity index is 882. The van der Waals surface area contributed by atoms with E-state index >= 15 is 0 Å². The van der Waals surface area contributed by atoms with Gasteiger partial charge in [0.05, 0.1) is 5.52 Å². The van der Waals surface area contributed by atoms with Crippen LogP contribution in [0, 0.1) is 5.41 Å². The summed E-state index contributed by atoms with van der Waals surface area (Å²) < 4.78 is 0. The maximum Gasteiger partial charge on any atom is 0.220 e. The van der Waals surface area contributed by atoms with Crippen molar-refractivity contribution in [2.75, 3.05) is 45.1 Å². The van der Waals surface area contributed by atoms with Crippen LogP contribution >= 0.6 is 0 Å². The lowest BCUT2D eigenvalue weighted by atomic mass is 9.79. The molecule has 7 heteroatoms. The van der Waals surface area contributed by atoms with Gasteiger partial charge in [-0.05, 0) is 31.0 Å². The fourth-order valence-corrected chi connectivity index (χ4v) is 4.29. The minimum atomic E-state index is 0.0697. The summed E-state index contributed by atoms with van der Waals surface area (Å²) in [6, 6.07) is 12.2. The van der Waals surface area contributed by atoms with Crippen LogP contribution in [0.25, 0.3) is 10.9 Å². The summed E-state index contributed by atoms with van der Waals surface area (Å²) in [5, 5.41) is 11.0. The van der Waals surface area contributed by atoms with Gasteiger partial charge in [0.2, 0.25) is 5.91 Å². The number of piperidine rings is 1. The molecule has 0 bridgehead atoms. The molecule has 2 aromatic rings. The molecule has 7 nitrogen and oxygen atoms in total. The van der Waals surface area contributed by atoms with Gasteiger partial charge in [-0.1, -0.05) is 18.2 Å². The maximum absolute atomic E-state index is 11.7. The predicted molar refractivity (Wildman–Crippen MR) is 112 cm³/mol. The molecule has 0 saturated carbocycles. The van der Waals surface area contributed by atoms with E-state index in [1.165, 1.54) is 0 Å². The number of nitrogens with one attached hydrogen (secondary N) is 3.